The molecule has 1 aromatic heterocycles. The lowest BCUT2D eigenvalue weighted by Crippen LogP contribution is -2.13. The molecule has 0 N–H and O–H groups in total. The van der Waals surface area contributed by atoms with Gasteiger partial charge in [-0.05, 0) is 63.3 Å². The highest BCUT2D eigenvalue weighted by Gasteiger charge is 1.99. The number of benzene rings is 1. The van der Waals surface area contributed by atoms with E-state index in [4.69, 9.17) is 4.74 Å². The standard InChI is InChI=1S/C17H22N2O/c1-19(2)12-6-8-15-7-5-10-17(13-15)20-14-16-9-3-4-11-18-16/h3-5,7,9-11,13H,6,8,12,14H2,1-2H3. The van der Waals surface area contributed by atoms with Crippen molar-refractivity contribution in [3.8, 4) is 5.75 Å². The van der Waals surface area contributed by atoms with Gasteiger partial charge in [-0.3, -0.25) is 4.98 Å². The third-order valence-electron chi connectivity index (χ3n) is 3.08. The van der Waals surface area contributed by atoms with Crippen LogP contribution in [0, 0.1) is 0 Å². The minimum atomic E-state index is 0.516. The lowest BCUT2D eigenvalue weighted by atomic mass is 10.1. The van der Waals surface area contributed by atoms with Crippen LogP contribution in [0.1, 0.15) is 17.7 Å². The molecule has 0 saturated carbocycles. The van der Waals surface area contributed by atoms with E-state index in [1.165, 1.54) is 5.56 Å². The topological polar surface area (TPSA) is 25.4 Å². The summed E-state index contributed by atoms with van der Waals surface area (Å²) in [5, 5.41) is 0. The molecule has 0 aliphatic rings. The molecule has 0 bridgehead atoms. The summed E-state index contributed by atoms with van der Waals surface area (Å²) in [5.41, 5.74) is 2.27. The normalized spacial score (nSPS) is 10.8. The van der Waals surface area contributed by atoms with Crippen LogP contribution in [0.4, 0.5) is 0 Å². The molecule has 0 saturated heterocycles. The van der Waals surface area contributed by atoms with Crippen LogP contribution in [0.5, 0.6) is 5.75 Å². The second-order valence-electron chi connectivity index (χ2n) is 5.16. The summed E-state index contributed by atoms with van der Waals surface area (Å²) in [4.78, 5) is 6.46. The van der Waals surface area contributed by atoms with E-state index >= 15 is 0 Å². The van der Waals surface area contributed by atoms with E-state index < -0.39 is 0 Å². The van der Waals surface area contributed by atoms with E-state index in [-0.39, 0.29) is 0 Å². The Morgan fingerprint density at radius 1 is 1.10 bits per heavy atom. The fraction of sp³-hybridized carbons (Fsp3) is 0.353. The Bertz CT molecular complexity index is 511. The van der Waals surface area contributed by atoms with Crippen LogP contribution in [0.3, 0.4) is 0 Å². The van der Waals surface area contributed by atoms with Gasteiger partial charge in [0.25, 0.3) is 0 Å². The van der Waals surface area contributed by atoms with Crippen LogP contribution in [0.2, 0.25) is 0 Å². The summed E-state index contributed by atoms with van der Waals surface area (Å²) in [6, 6.07) is 14.2. The van der Waals surface area contributed by atoms with E-state index in [2.05, 4.69) is 42.2 Å². The number of rotatable bonds is 7. The number of hydrogen-bond donors (Lipinski definition) is 0. The van der Waals surface area contributed by atoms with Crippen LogP contribution in [0.25, 0.3) is 0 Å². The summed E-state index contributed by atoms with van der Waals surface area (Å²) >= 11 is 0. The van der Waals surface area contributed by atoms with Crippen molar-refractivity contribution in [1.29, 1.82) is 0 Å². The molecule has 1 aromatic carbocycles. The summed E-state index contributed by atoms with van der Waals surface area (Å²) in [7, 11) is 4.21. The Hall–Kier alpha value is -1.87. The molecule has 106 valence electrons. The molecule has 0 aliphatic carbocycles. The smallest absolute Gasteiger partial charge is 0.130 e. The molecule has 0 aliphatic heterocycles. The zero-order chi connectivity index (χ0) is 14.2. The van der Waals surface area contributed by atoms with Crippen molar-refractivity contribution in [2.75, 3.05) is 20.6 Å². The van der Waals surface area contributed by atoms with Gasteiger partial charge in [0.2, 0.25) is 0 Å². The van der Waals surface area contributed by atoms with Gasteiger partial charge in [-0.25, -0.2) is 0 Å². The quantitative estimate of drug-likeness (QED) is 0.773. The number of nitrogens with zero attached hydrogens (tertiary/aromatic N) is 2. The molecule has 0 radical (unpaired) electrons. The molecule has 0 atom stereocenters. The first-order chi connectivity index (χ1) is 9.74. The minimum Gasteiger partial charge on any atom is -0.487 e. The maximum Gasteiger partial charge on any atom is 0.130 e. The first-order valence-electron chi connectivity index (χ1n) is 7.00. The highest BCUT2D eigenvalue weighted by atomic mass is 16.5. The Kier molecular flexibility index (Phi) is 5.56. The number of aromatic nitrogens is 1. The Labute approximate surface area is 121 Å². The molecule has 2 aromatic rings. The zero-order valence-electron chi connectivity index (χ0n) is 12.2. The first-order valence-corrected chi connectivity index (χ1v) is 7.00. The van der Waals surface area contributed by atoms with E-state index in [0.717, 1.165) is 30.8 Å². The van der Waals surface area contributed by atoms with Gasteiger partial charge in [0.15, 0.2) is 0 Å². The van der Waals surface area contributed by atoms with E-state index in [1.807, 2.05) is 24.3 Å². The Balaban J connectivity index is 1.86. The van der Waals surface area contributed by atoms with Crippen LogP contribution >= 0.6 is 0 Å². The number of pyridine rings is 1. The molecule has 2 rings (SSSR count). The van der Waals surface area contributed by atoms with Gasteiger partial charge < -0.3 is 9.64 Å². The molecule has 0 amide bonds. The van der Waals surface area contributed by atoms with Crippen LogP contribution < -0.4 is 4.74 Å². The van der Waals surface area contributed by atoms with Crippen molar-refractivity contribution in [2.24, 2.45) is 0 Å². The molecular weight excluding hydrogens is 248 g/mol. The van der Waals surface area contributed by atoms with Gasteiger partial charge >= 0.3 is 0 Å². The predicted octanol–water partition coefficient (Wildman–Crippen LogP) is 3.15. The van der Waals surface area contributed by atoms with Crippen molar-refractivity contribution in [3.63, 3.8) is 0 Å². The van der Waals surface area contributed by atoms with Crippen LogP contribution in [0.15, 0.2) is 48.7 Å². The van der Waals surface area contributed by atoms with Gasteiger partial charge in [-0.2, -0.15) is 0 Å². The fourth-order valence-electron chi connectivity index (χ4n) is 2.03. The highest BCUT2D eigenvalue weighted by Crippen LogP contribution is 2.16. The van der Waals surface area contributed by atoms with Gasteiger partial charge in [0, 0.05) is 6.20 Å². The Morgan fingerprint density at radius 2 is 2.00 bits per heavy atom. The highest BCUT2D eigenvalue weighted by molar-refractivity contribution is 5.28. The van der Waals surface area contributed by atoms with Gasteiger partial charge in [0.1, 0.15) is 12.4 Å². The zero-order valence-corrected chi connectivity index (χ0v) is 12.2. The first kappa shape index (κ1) is 14.5. The molecule has 3 heteroatoms. The monoisotopic (exact) mass is 270 g/mol. The number of aryl methyl sites for hydroxylation is 1. The Morgan fingerprint density at radius 3 is 2.75 bits per heavy atom. The average molecular weight is 270 g/mol. The van der Waals surface area contributed by atoms with Crippen LogP contribution in [-0.4, -0.2) is 30.5 Å². The summed E-state index contributed by atoms with van der Waals surface area (Å²) in [5.74, 6) is 0.915. The summed E-state index contributed by atoms with van der Waals surface area (Å²) in [6.45, 7) is 1.63. The minimum absolute atomic E-state index is 0.516. The van der Waals surface area contributed by atoms with Gasteiger partial charge in [-0.15, -0.1) is 0 Å². The fourth-order valence-corrected chi connectivity index (χ4v) is 2.03. The summed E-state index contributed by atoms with van der Waals surface area (Å²) < 4.78 is 5.79. The van der Waals surface area contributed by atoms with Crippen molar-refractivity contribution in [3.05, 3.63) is 59.9 Å². The predicted molar refractivity (Wildman–Crippen MR) is 81.9 cm³/mol. The maximum atomic E-state index is 5.79. The lowest BCUT2D eigenvalue weighted by molar-refractivity contribution is 0.301. The van der Waals surface area contributed by atoms with Crippen LogP contribution in [-0.2, 0) is 13.0 Å². The van der Waals surface area contributed by atoms with Gasteiger partial charge in [-0.1, -0.05) is 18.2 Å². The lowest BCUT2D eigenvalue weighted by Gasteiger charge is -2.10. The molecule has 20 heavy (non-hydrogen) atoms. The third-order valence-corrected chi connectivity index (χ3v) is 3.08. The van der Waals surface area contributed by atoms with Crippen molar-refractivity contribution >= 4 is 0 Å². The second kappa shape index (κ2) is 7.65. The maximum absolute atomic E-state index is 5.79. The molecule has 1 heterocycles. The van der Waals surface area contributed by atoms with Crippen molar-refractivity contribution in [1.82, 2.24) is 9.88 Å². The van der Waals surface area contributed by atoms with Crippen molar-refractivity contribution < 1.29 is 4.74 Å². The van der Waals surface area contributed by atoms with E-state index in [0.29, 0.717) is 6.61 Å². The van der Waals surface area contributed by atoms with Crippen molar-refractivity contribution in [2.45, 2.75) is 19.4 Å². The largest absolute Gasteiger partial charge is 0.487 e. The molecular formula is C17H22N2O. The SMILES string of the molecule is CN(C)CCCc1cccc(OCc2ccccn2)c1. The molecule has 3 nitrogen and oxygen atoms in total. The molecule has 0 unspecified atom stereocenters. The molecule has 0 fully saturated rings. The summed E-state index contributed by atoms with van der Waals surface area (Å²) in [6.07, 6.45) is 4.03. The van der Waals surface area contributed by atoms with E-state index in [9.17, 15) is 0 Å². The third kappa shape index (κ3) is 5.02. The number of hydrogen-bond acceptors (Lipinski definition) is 3. The second-order valence-corrected chi connectivity index (χ2v) is 5.16. The van der Waals surface area contributed by atoms with E-state index in [1.54, 1.807) is 6.20 Å². The molecule has 0 spiro atoms. The number of ether oxygens (including phenoxy) is 1. The average Bonchev–Trinajstić information content (AvgIpc) is 2.46. The van der Waals surface area contributed by atoms with Gasteiger partial charge in [0.05, 0.1) is 5.69 Å².